The van der Waals surface area contributed by atoms with Crippen molar-refractivity contribution in [3.8, 4) is 5.75 Å². The summed E-state index contributed by atoms with van der Waals surface area (Å²) >= 11 is 0. The van der Waals surface area contributed by atoms with Gasteiger partial charge in [-0.25, -0.2) is 4.39 Å². The molecule has 0 saturated heterocycles. The van der Waals surface area contributed by atoms with Gasteiger partial charge in [-0.2, -0.15) is 8.78 Å². The molecule has 0 fully saturated rings. The van der Waals surface area contributed by atoms with Crippen molar-refractivity contribution in [1.82, 2.24) is 15.6 Å². The SMILES string of the molecule is CN=C(NCCc1c[nH]c2ccc(F)cc12)NCc1cccc(OC(F)F)c1. The first-order valence-electron chi connectivity index (χ1n) is 8.79. The zero-order valence-corrected chi connectivity index (χ0v) is 15.3. The first-order chi connectivity index (χ1) is 13.5. The number of ether oxygens (including phenoxy) is 1. The smallest absolute Gasteiger partial charge is 0.387 e. The van der Waals surface area contributed by atoms with E-state index in [2.05, 4.69) is 25.3 Å². The van der Waals surface area contributed by atoms with Gasteiger partial charge >= 0.3 is 6.61 Å². The molecule has 0 spiro atoms. The van der Waals surface area contributed by atoms with Crippen LogP contribution < -0.4 is 15.4 Å². The van der Waals surface area contributed by atoms with Crippen molar-refractivity contribution >= 4 is 16.9 Å². The summed E-state index contributed by atoms with van der Waals surface area (Å²) in [4.78, 5) is 7.27. The van der Waals surface area contributed by atoms with Crippen molar-refractivity contribution < 1.29 is 17.9 Å². The first kappa shape index (κ1) is 19.6. The topological polar surface area (TPSA) is 61.4 Å². The molecular weight excluding hydrogens is 369 g/mol. The fraction of sp³-hybridized carbons (Fsp3) is 0.250. The number of H-pyrrole nitrogens is 1. The second kappa shape index (κ2) is 9.16. The average Bonchev–Trinajstić information content (AvgIpc) is 3.06. The number of aromatic amines is 1. The van der Waals surface area contributed by atoms with Gasteiger partial charge in [0.1, 0.15) is 11.6 Å². The predicted octanol–water partition coefficient (Wildman–Crippen LogP) is 3.82. The molecule has 3 N–H and O–H groups in total. The Morgan fingerprint density at radius 1 is 1.18 bits per heavy atom. The van der Waals surface area contributed by atoms with Crippen LogP contribution in [-0.4, -0.2) is 31.1 Å². The van der Waals surface area contributed by atoms with E-state index in [0.29, 0.717) is 25.5 Å². The fourth-order valence-electron chi connectivity index (χ4n) is 2.91. The monoisotopic (exact) mass is 390 g/mol. The molecule has 1 heterocycles. The molecule has 0 unspecified atom stereocenters. The molecule has 0 saturated carbocycles. The molecule has 0 aliphatic carbocycles. The highest BCUT2D eigenvalue weighted by Gasteiger charge is 2.07. The number of fused-ring (bicyclic) bond motifs is 1. The van der Waals surface area contributed by atoms with Crippen LogP contribution in [0.15, 0.2) is 53.7 Å². The van der Waals surface area contributed by atoms with Crippen LogP contribution in [0.2, 0.25) is 0 Å². The largest absolute Gasteiger partial charge is 0.435 e. The Hall–Kier alpha value is -3.16. The van der Waals surface area contributed by atoms with Gasteiger partial charge in [-0.3, -0.25) is 4.99 Å². The summed E-state index contributed by atoms with van der Waals surface area (Å²) in [6.07, 6.45) is 2.55. The third-order valence-electron chi connectivity index (χ3n) is 4.22. The van der Waals surface area contributed by atoms with Crippen LogP contribution in [0.3, 0.4) is 0 Å². The maximum Gasteiger partial charge on any atom is 0.387 e. The van der Waals surface area contributed by atoms with Gasteiger partial charge in [-0.1, -0.05) is 12.1 Å². The van der Waals surface area contributed by atoms with E-state index in [1.807, 2.05) is 6.20 Å². The quantitative estimate of drug-likeness (QED) is 0.425. The Balaban J connectivity index is 1.51. The van der Waals surface area contributed by atoms with Crippen LogP contribution in [0.25, 0.3) is 10.9 Å². The van der Waals surface area contributed by atoms with E-state index >= 15 is 0 Å². The maximum absolute atomic E-state index is 13.4. The number of nitrogens with one attached hydrogen (secondary N) is 3. The van der Waals surface area contributed by atoms with Gasteiger partial charge in [-0.05, 0) is 47.9 Å². The van der Waals surface area contributed by atoms with Crippen LogP contribution in [-0.2, 0) is 13.0 Å². The number of aromatic nitrogens is 1. The van der Waals surface area contributed by atoms with E-state index in [1.54, 1.807) is 31.3 Å². The molecule has 0 bridgehead atoms. The number of halogens is 3. The highest BCUT2D eigenvalue weighted by Crippen LogP contribution is 2.19. The highest BCUT2D eigenvalue weighted by atomic mass is 19.3. The summed E-state index contributed by atoms with van der Waals surface area (Å²) in [5.41, 5.74) is 2.69. The Morgan fingerprint density at radius 3 is 2.82 bits per heavy atom. The number of aliphatic imine (C=N–C) groups is 1. The zero-order valence-electron chi connectivity index (χ0n) is 15.3. The van der Waals surface area contributed by atoms with Crippen LogP contribution in [0.5, 0.6) is 5.75 Å². The van der Waals surface area contributed by atoms with Crippen molar-refractivity contribution in [3.05, 3.63) is 65.6 Å². The standard InChI is InChI=1S/C20H21F3N4O/c1-24-20(27-11-13-3-2-4-16(9-13)28-19(22)23)25-8-7-14-12-26-18-6-5-15(21)10-17(14)18/h2-6,9-10,12,19,26H,7-8,11H2,1H3,(H2,24,25,27). The molecule has 0 atom stereocenters. The Morgan fingerprint density at radius 2 is 2.04 bits per heavy atom. The normalized spacial score (nSPS) is 11.8. The summed E-state index contributed by atoms with van der Waals surface area (Å²) in [7, 11) is 1.65. The minimum absolute atomic E-state index is 0.115. The van der Waals surface area contributed by atoms with Gasteiger partial charge in [0.05, 0.1) is 0 Å². The number of rotatable bonds is 7. The van der Waals surface area contributed by atoms with Gasteiger partial charge in [0.25, 0.3) is 0 Å². The number of guanidine groups is 1. The molecule has 28 heavy (non-hydrogen) atoms. The van der Waals surface area contributed by atoms with Gasteiger partial charge in [0, 0.05) is 37.2 Å². The van der Waals surface area contributed by atoms with Crippen LogP contribution in [0.1, 0.15) is 11.1 Å². The van der Waals surface area contributed by atoms with E-state index in [9.17, 15) is 13.2 Å². The third-order valence-corrected chi connectivity index (χ3v) is 4.22. The molecule has 3 rings (SSSR count). The van der Waals surface area contributed by atoms with E-state index in [0.717, 1.165) is 22.0 Å². The Kier molecular flexibility index (Phi) is 6.41. The van der Waals surface area contributed by atoms with E-state index in [-0.39, 0.29) is 11.6 Å². The molecule has 148 valence electrons. The summed E-state index contributed by atoms with van der Waals surface area (Å²) in [5.74, 6) is 0.423. The molecule has 5 nitrogen and oxygen atoms in total. The maximum atomic E-state index is 13.4. The van der Waals surface area contributed by atoms with E-state index < -0.39 is 6.61 Å². The van der Waals surface area contributed by atoms with Crippen molar-refractivity contribution in [1.29, 1.82) is 0 Å². The fourth-order valence-corrected chi connectivity index (χ4v) is 2.91. The van der Waals surface area contributed by atoms with Crippen LogP contribution >= 0.6 is 0 Å². The van der Waals surface area contributed by atoms with Crippen molar-refractivity contribution in [2.24, 2.45) is 4.99 Å². The van der Waals surface area contributed by atoms with Gasteiger partial charge in [0.15, 0.2) is 5.96 Å². The summed E-state index contributed by atoms with van der Waals surface area (Å²) in [6, 6.07) is 11.1. The van der Waals surface area contributed by atoms with Crippen LogP contribution in [0, 0.1) is 5.82 Å². The lowest BCUT2D eigenvalue weighted by atomic mass is 10.1. The van der Waals surface area contributed by atoms with E-state index in [1.165, 1.54) is 18.2 Å². The van der Waals surface area contributed by atoms with Crippen molar-refractivity contribution in [3.63, 3.8) is 0 Å². The zero-order chi connectivity index (χ0) is 19.9. The predicted molar refractivity (Wildman–Crippen MR) is 103 cm³/mol. The Bertz CT molecular complexity index is 956. The van der Waals surface area contributed by atoms with Gasteiger partial charge in [-0.15, -0.1) is 0 Å². The van der Waals surface area contributed by atoms with Gasteiger partial charge < -0.3 is 20.4 Å². The van der Waals surface area contributed by atoms with Gasteiger partial charge in [0.2, 0.25) is 0 Å². The molecule has 0 aliphatic rings. The molecule has 0 amide bonds. The highest BCUT2D eigenvalue weighted by molar-refractivity contribution is 5.83. The molecule has 0 radical (unpaired) electrons. The van der Waals surface area contributed by atoms with E-state index in [4.69, 9.17) is 0 Å². The first-order valence-corrected chi connectivity index (χ1v) is 8.79. The molecule has 1 aromatic heterocycles. The minimum atomic E-state index is -2.85. The molecule has 2 aromatic carbocycles. The second-order valence-electron chi connectivity index (χ2n) is 6.13. The molecule has 3 aromatic rings. The molecular formula is C20H21F3N4O. The third kappa shape index (κ3) is 5.18. The number of hydrogen-bond acceptors (Lipinski definition) is 2. The Labute approximate surface area is 160 Å². The summed E-state index contributed by atoms with van der Waals surface area (Å²) < 4.78 is 42.5. The lowest BCUT2D eigenvalue weighted by molar-refractivity contribution is -0.0498. The second-order valence-corrected chi connectivity index (χ2v) is 6.13. The minimum Gasteiger partial charge on any atom is -0.435 e. The lowest BCUT2D eigenvalue weighted by Gasteiger charge is -2.12. The number of alkyl halides is 2. The molecule has 0 aliphatic heterocycles. The average molecular weight is 390 g/mol. The summed E-state index contributed by atoms with van der Waals surface area (Å²) in [5, 5.41) is 7.17. The number of nitrogens with zero attached hydrogens (tertiary/aromatic N) is 1. The summed E-state index contributed by atoms with van der Waals surface area (Å²) in [6.45, 7) is -1.86. The number of hydrogen-bond donors (Lipinski definition) is 3. The molecule has 8 heteroatoms. The number of benzene rings is 2. The van der Waals surface area contributed by atoms with Crippen LogP contribution in [0.4, 0.5) is 13.2 Å². The van der Waals surface area contributed by atoms with Crippen molar-refractivity contribution in [2.75, 3.05) is 13.6 Å². The lowest BCUT2D eigenvalue weighted by Crippen LogP contribution is -2.37. The van der Waals surface area contributed by atoms with Crippen molar-refractivity contribution in [2.45, 2.75) is 19.6 Å².